The molecule has 1 aromatic heterocycles. The van der Waals surface area contributed by atoms with Crippen molar-refractivity contribution in [1.29, 1.82) is 0 Å². The van der Waals surface area contributed by atoms with Crippen LogP contribution in [-0.4, -0.2) is 35.5 Å². The standard InChI is InChI=1S/C21H31N5S.HI/c1-3-22-21(25-15-20-14-23-17(2)27-20)24-13-18-7-9-19(10-8-18)16-26-11-5-4-6-12-26;/h7-10,14H,3-6,11-13,15-16H2,1-2H3,(H2,22,24,25);1H. The van der Waals surface area contributed by atoms with Gasteiger partial charge >= 0.3 is 0 Å². The van der Waals surface area contributed by atoms with Gasteiger partial charge in [-0.25, -0.2) is 9.98 Å². The van der Waals surface area contributed by atoms with Crippen LogP contribution in [-0.2, 0) is 19.6 Å². The van der Waals surface area contributed by atoms with Crippen molar-refractivity contribution in [2.75, 3.05) is 19.6 Å². The largest absolute Gasteiger partial charge is 0.357 e. The van der Waals surface area contributed by atoms with Crippen molar-refractivity contribution in [2.45, 2.75) is 52.7 Å². The zero-order valence-electron chi connectivity index (χ0n) is 16.9. The zero-order chi connectivity index (χ0) is 18.9. The minimum Gasteiger partial charge on any atom is -0.357 e. The lowest BCUT2D eigenvalue weighted by Crippen LogP contribution is -2.36. The molecule has 0 atom stereocenters. The van der Waals surface area contributed by atoms with E-state index in [-0.39, 0.29) is 24.0 Å². The summed E-state index contributed by atoms with van der Waals surface area (Å²) in [6, 6.07) is 8.91. The Morgan fingerprint density at radius 3 is 2.46 bits per heavy atom. The molecule has 0 radical (unpaired) electrons. The van der Waals surface area contributed by atoms with Crippen molar-refractivity contribution < 1.29 is 0 Å². The molecule has 28 heavy (non-hydrogen) atoms. The quantitative estimate of drug-likeness (QED) is 0.329. The normalized spacial score (nSPS) is 15.1. The first-order chi connectivity index (χ1) is 13.2. The number of aromatic nitrogens is 1. The minimum atomic E-state index is 0. The van der Waals surface area contributed by atoms with E-state index >= 15 is 0 Å². The van der Waals surface area contributed by atoms with E-state index in [4.69, 9.17) is 4.99 Å². The third kappa shape index (κ3) is 7.67. The summed E-state index contributed by atoms with van der Waals surface area (Å²) in [4.78, 5) is 12.8. The van der Waals surface area contributed by atoms with Crippen LogP contribution in [0.5, 0.6) is 0 Å². The summed E-state index contributed by atoms with van der Waals surface area (Å²) in [6.45, 7) is 9.95. The smallest absolute Gasteiger partial charge is 0.191 e. The Hall–Kier alpha value is -1.19. The number of guanidine groups is 1. The molecule has 5 nitrogen and oxygen atoms in total. The second-order valence-electron chi connectivity index (χ2n) is 7.05. The summed E-state index contributed by atoms with van der Waals surface area (Å²) in [6.07, 6.45) is 6.00. The second-order valence-corrected chi connectivity index (χ2v) is 8.37. The Kier molecular flexibility index (Phi) is 10.2. The SMILES string of the molecule is CCNC(=NCc1ccc(CN2CCCCC2)cc1)NCc1cnc(C)s1.I. The first kappa shape index (κ1) is 23.1. The number of benzene rings is 1. The van der Waals surface area contributed by atoms with Crippen LogP contribution >= 0.6 is 35.3 Å². The van der Waals surface area contributed by atoms with Gasteiger partial charge in [-0.2, -0.15) is 0 Å². The highest BCUT2D eigenvalue weighted by Gasteiger charge is 2.10. The van der Waals surface area contributed by atoms with Crippen LogP contribution in [0.1, 0.15) is 47.2 Å². The zero-order valence-corrected chi connectivity index (χ0v) is 20.1. The topological polar surface area (TPSA) is 52.6 Å². The number of hydrogen-bond donors (Lipinski definition) is 2. The molecule has 3 rings (SSSR count). The van der Waals surface area contributed by atoms with Crippen molar-refractivity contribution in [3.05, 3.63) is 51.5 Å². The summed E-state index contributed by atoms with van der Waals surface area (Å²) in [5.74, 6) is 0.848. The molecule has 0 saturated carbocycles. The van der Waals surface area contributed by atoms with E-state index in [0.717, 1.165) is 30.6 Å². The van der Waals surface area contributed by atoms with E-state index in [1.807, 2.05) is 13.1 Å². The molecule has 0 bridgehead atoms. The highest BCUT2D eigenvalue weighted by Crippen LogP contribution is 2.14. The highest BCUT2D eigenvalue weighted by atomic mass is 127. The summed E-state index contributed by atoms with van der Waals surface area (Å²) >= 11 is 1.72. The van der Waals surface area contributed by atoms with Crippen molar-refractivity contribution >= 4 is 41.3 Å². The lowest BCUT2D eigenvalue weighted by molar-refractivity contribution is 0.221. The van der Waals surface area contributed by atoms with Gasteiger partial charge in [-0.1, -0.05) is 30.7 Å². The molecule has 1 saturated heterocycles. The lowest BCUT2D eigenvalue weighted by atomic mass is 10.1. The van der Waals surface area contributed by atoms with E-state index in [0.29, 0.717) is 6.54 Å². The Morgan fingerprint density at radius 1 is 1.11 bits per heavy atom. The van der Waals surface area contributed by atoms with Gasteiger partial charge in [0.15, 0.2) is 5.96 Å². The first-order valence-electron chi connectivity index (χ1n) is 9.96. The van der Waals surface area contributed by atoms with Crippen LogP contribution in [0.4, 0.5) is 0 Å². The lowest BCUT2D eigenvalue weighted by Gasteiger charge is -2.26. The number of piperidine rings is 1. The van der Waals surface area contributed by atoms with Gasteiger partial charge < -0.3 is 10.6 Å². The molecule has 1 aliphatic rings. The van der Waals surface area contributed by atoms with Crippen molar-refractivity contribution in [3.8, 4) is 0 Å². The van der Waals surface area contributed by atoms with Crippen LogP contribution in [0.15, 0.2) is 35.5 Å². The van der Waals surface area contributed by atoms with E-state index in [9.17, 15) is 0 Å². The fourth-order valence-electron chi connectivity index (χ4n) is 3.30. The summed E-state index contributed by atoms with van der Waals surface area (Å²) in [7, 11) is 0. The van der Waals surface area contributed by atoms with Crippen LogP contribution in [0.25, 0.3) is 0 Å². The van der Waals surface area contributed by atoms with Gasteiger partial charge in [-0.15, -0.1) is 35.3 Å². The number of rotatable bonds is 7. The van der Waals surface area contributed by atoms with Gasteiger partial charge in [0.05, 0.1) is 18.1 Å². The fourth-order valence-corrected chi connectivity index (χ4v) is 4.03. The summed E-state index contributed by atoms with van der Waals surface area (Å²) in [5, 5.41) is 7.80. The number of likely N-dealkylation sites (tertiary alicyclic amines) is 1. The van der Waals surface area contributed by atoms with Crippen molar-refractivity contribution in [1.82, 2.24) is 20.5 Å². The van der Waals surface area contributed by atoms with E-state index in [1.54, 1.807) is 11.3 Å². The Morgan fingerprint density at radius 2 is 1.82 bits per heavy atom. The number of aliphatic imine (C=N–C) groups is 1. The van der Waals surface area contributed by atoms with Gasteiger partial charge in [0, 0.05) is 24.2 Å². The molecule has 154 valence electrons. The molecule has 1 fully saturated rings. The number of halogens is 1. The first-order valence-corrected chi connectivity index (χ1v) is 10.8. The Bertz CT molecular complexity index is 723. The predicted molar refractivity (Wildman–Crippen MR) is 129 cm³/mol. The molecule has 7 heteroatoms. The third-order valence-corrected chi connectivity index (χ3v) is 5.65. The monoisotopic (exact) mass is 513 g/mol. The van der Waals surface area contributed by atoms with Crippen LogP contribution in [0.2, 0.25) is 0 Å². The van der Waals surface area contributed by atoms with Crippen molar-refractivity contribution in [2.24, 2.45) is 4.99 Å². The molecular weight excluding hydrogens is 481 g/mol. The number of thiazole rings is 1. The fraction of sp³-hybridized carbons (Fsp3) is 0.524. The average molecular weight is 513 g/mol. The van der Waals surface area contributed by atoms with Crippen LogP contribution in [0.3, 0.4) is 0 Å². The molecule has 0 unspecified atom stereocenters. The van der Waals surface area contributed by atoms with Crippen LogP contribution < -0.4 is 10.6 Å². The van der Waals surface area contributed by atoms with E-state index < -0.39 is 0 Å². The van der Waals surface area contributed by atoms with Gasteiger partial charge in [-0.05, 0) is 50.9 Å². The number of nitrogens with zero attached hydrogens (tertiary/aromatic N) is 3. The van der Waals surface area contributed by atoms with E-state index in [1.165, 1.54) is 48.4 Å². The van der Waals surface area contributed by atoms with Crippen LogP contribution in [0, 0.1) is 6.92 Å². The van der Waals surface area contributed by atoms with Gasteiger partial charge in [0.25, 0.3) is 0 Å². The highest BCUT2D eigenvalue weighted by molar-refractivity contribution is 14.0. The van der Waals surface area contributed by atoms with Crippen molar-refractivity contribution in [3.63, 3.8) is 0 Å². The molecule has 1 aromatic carbocycles. The third-order valence-electron chi connectivity index (χ3n) is 4.74. The predicted octanol–water partition coefficient (Wildman–Crippen LogP) is 4.31. The number of hydrogen-bond acceptors (Lipinski definition) is 4. The maximum atomic E-state index is 4.72. The summed E-state index contributed by atoms with van der Waals surface area (Å²) in [5.41, 5.74) is 2.64. The van der Waals surface area contributed by atoms with Gasteiger partial charge in [-0.3, -0.25) is 4.90 Å². The molecule has 0 amide bonds. The van der Waals surface area contributed by atoms with E-state index in [2.05, 4.69) is 51.7 Å². The van der Waals surface area contributed by atoms with Gasteiger partial charge in [0.1, 0.15) is 0 Å². The molecule has 2 N–H and O–H groups in total. The molecule has 0 aliphatic carbocycles. The maximum absolute atomic E-state index is 4.72. The Labute approximate surface area is 190 Å². The molecule has 2 heterocycles. The minimum absolute atomic E-state index is 0. The number of aryl methyl sites for hydroxylation is 1. The number of nitrogens with one attached hydrogen (secondary N) is 2. The van der Waals surface area contributed by atoms with Gasteiger partial charge in [0.2, 0.25) is 0 Å². The molecule has 2 aromatic rings. The molecule has 0 spiro atoms. The summed E-state index contributed by atoms with van der Waals surface area (Å²) < 4.78 is 0. The maximum Gasteiger partial charge on any atom is 0.191 e. The molecular formula is C21H32IN5S. The second kappa shape index (κ2) is 12.4. The Balaban J connectivity index is 0.00000280. The average Bonchev–Trinajstić information content (AvgIpc) is 3.11. The molecule has 1 aliphatic heterocycles.